The zero-order valence-corrected chi connectivity index (χ0v) is 7.35. The average Bonchev–Trinajstić information content (AvgIpc) is 2.11. The van der Waals surface area contributed by atoms with Gasteiger partial charge in [-0.05, 0) is 30.6 Å². The van der Waals surface area contributed by atoms with E-state index in [2.05, 4.69) is 20.8 Å². The van der Waals surface area contributed by atoms with Gasteiger partial charge in [-0.15, -0.1) is 0 Å². The smallest absolute Gasteiger partial charge is 0.00417 e. The highest BCUT2D eigenvalue weighted by molar-refractivity contribution is 4.84. The molecule has 0 spiro atoms. The van der Waals surface area contributed by atoms with Crippen LogP contribution >= 0.6 is 0 Å². The Morgan fingerprint density at radius 1 is 1.20 bits per heavy atom. The van der Waals surface area contributed by atoms with Crippen molar-refractivity contribution in [1.82, 2.24) is 0 Å². The topological polar surface area (TPSA) is 26.0 Å². The van der Waals surface area contributed by atoms with Gasteiger partial charge in [0.1, 0.15) is 0 Å². The lowest BCUT2D eigenvalue weighted by Crippen LogP contribution is -2.21. The van der Waals surface area contributed by atoms with E-state index >= 15 is 0 Å². The molecule has 1 aliphatic rings. The van der Waals surface area contributed by atoms with Gasteiger partial charge in [0, 0.05) is 6.04 Å². The lowest BCUT2D eigenvalue weighted by atomic mass is 9.80. The van der Waals surface area contributed by atoms with Crippen LogP contribution in [0.2, 0.25) is 0 Å². The minimum Gasteiger partial charge on any atom is -0.328 e. The standard InChI is InChI=1S/C9H19N/c1-9(2,3)7-4-5-8(10)6-7/h7-8H,4-6,10H2,1-3H3/t7?,8-/m1/s1. The van der Waals surface area contributed by atoms with Crippen molar-refractivity contribution in [3.63, 3.8) is 0 Å². The van der Waals surface area contributed by atoms with Crippen LogP contribution in [0.5, 0.6) is 0 Å². The van der Waals surface area contributed by atoms with Crippen LogP contribution in [0.1, 0.15) is 40.0 Å². The summed E-state index contributed by atoms with van der Waals surface area (Å²) in [6, 6.07) is 0.490. The first-order chi connectivity index (χ1) is 4.50. The quantitative estimate of drug-likeness (QED) is 0.549. The van der Waals surface area contributed by atoms with Crippen LogP contribution in [0.25, 0.3) is 0 Å². The van der Waals surface area contributed by atoms with Gasteiger partial charge in [0.2, 0.25) is 0 Å². The molecule has 1 fully saturated rings. The summed E-state index contributed by atoms with van der Waals surface area (Å²) >= 11 is 0. The highest BCUT2D eigenvalue weighted by Gasteiger charge is 2.30. The average molecular weight is 141 g/mol. The van der Waals surface area contributed by atoms with Gasteiger partial charge in [0.25, 0.3) is 0 Å². The molecule has 0 radical (unpaired) electrons. The summed E-state index contributed by atoms with van der Waals surface area (Å²) in [5.74, 6) is 0.863. The van der Waals surface area contributed by atoms with Crippen LogP contribution in [0, 0.1) is 11.3 Å². The molecule has 0 aromatic rings. The lowest BCUT2D eigenvalue weighted by Gasteiger charge is -2.26. The van der Waals surface area contributed by atoms with Crippen LogP contribution in [0.15, 0.2) is 0 Å². The second kappa shape index (κ2) is 2.54. The van der Waals surface area contributed by atoms with Crippen LogP contribution in [-0.4, -0.2) is 6.04 Å². The van der Waals surface area contributed by atoms with Crippen LogP contribution in [0.4, 0.5) is 0 Å². The third-order valence-corrected chi connectivity index (χ3v) is 2.70. The highest BCUT2D eigenvalue weighted by atomic mass is 14.7. The lowest BCUT2D eigenvalue weighted by molar-refractivity contribution is 0.244. The van der Waals surface area contributed by atoms with Crippen LogP contribution in [0.3, 0.4) is 0 Å². The Bertz CT molecular complexity index is 112. The van der Waals surface area contributed by atoms with Crippen molar-refractivity contribution in [2.24, 2.45) is 17.1 Å². The molecule has 0 bridgehead atoms. The van der Waals surface area contributed by atoms with Gasteiger partial charge in [-0.25, -0.2) is 0 Å². The van der Waals surface area contributed by atoms with Crippen molar-refractivity contribution in [3.05, 3.63) is 0 Å². The Morgan fingerprint density at radius 3 is 2.00 bits per heavy atom. The molecule has 10 heavy (non-hydrogen) atoms. The molecule has 0 aromatic carbocycles. The van der Waals surface area contributed by atoms with Gasteiger partial charge in [-0.1, -0.05) is 20.8 Å². The summed E-state index contributed by atoms with van der Waals surface area (Å²) in [6.07, 6.45) is 3.82. The number of rotatable bonds is 0. The first kappa shape index (κ1) is 8.06. The molecule has 2 atom stereocenters. The number of hydrogen-bond acceptors (Lipinski definition) is 1. The predicted octanol–water partition coefficient (Wildman–Crippen LogP) is 2.16. The second-order valence-corrected chi connectivity index (χ2v) is 4.64. The monoisotopic (exact) mass is 141 g/mol. The van der Waals surface area contributed by atoms with E-state index in [9.17, 15) is 0 Å². The summed E-state index contributed by atoms with van der Waals surface area (Å²) < 4.78 is 0. The minimum atomic E-state index is 0.480. The maximum atomic E-state index is 5.82. The molecule has 1 saturated carbocycles. The maximum absolute atomic E-state index is 5.82. The molecule has 2 N–H and O–H groups in total. The third kappa shape index (κ3) is 1.72. The first-order valence-corrected chi connectivity index (χ1v) is 4.26. The van der Waals surface area contributed by atoms with Gasteiger partial charge in [-0.2, -0.15) is 0 Å². The second-order valence-electron chi connectivity index (χ2n) is 4.64. The van der Waals surface area contributed by atoms with Crippen molar-refractivity contribution in [2.45, 2.75) is 46.1 Å². The Labute approximate surface area is 64.0 Å². The molecule has 1 aliphatic carbocycles. The Morgan fingerprint density at radius 2 is 1.80 bits per heavy atom. The molecule has 1 heteroatoms. The molecule has 1 nitrogen and oxygen atoms in total. The van der Waals surface area contributed by atoms with Crippen molar-refractivity contribution in [2.75, 3.05) is 0 Å². The van der Waals surface area contributed by atoms with E-state index in [0.29, 0.717) is 11.5 Å². The fraction of sp³-hybridized carbons (Fsp3) is 1.00. The Balaban J connectivity index is 2.45. The Kier molecular flexibility index (Phi) is 2.04. The molecule has 0 amide bonds. The van der Waals surface area contributed by atoms with Crippen molar-refractivity contribution in [3.8, 4) is 0 Å². The van der Waals surface area contributed by atoms with Crippen molar-refractivity contribution in [1.29, 1.82) is 0 Å². The largest absolute Gasteiger partial charge is 0.328 e. The zero-order valence-electron chi connectivity index (χ0n) is 7.35. The molecule has 0 aliphatic heterocycles. The molecule has 1 unspecified atom stereocenters. The summed E-state index contributed by atoms with van der Waals surface area (Å²) in [6.45, 7) is 6.95. The van der Waals surface area contributed by atoms with E-state index in [0.717, 1.165) is 5.92 Å². The summed E-state index contributed by atoms with van der Waals surface area (Å²) in [5.41, 5.74) is 6.30. The van der Waals surface area contributed by atoms with E-state index in [4.69, 9.17) is 5.73 Å². The molecule has 0 heterocycles. The van der Waals surface area contributed by atoms with Gasteiger partial charge in [0.15, 0.2) is 0 Å². The molecular formula is C9H19N. The summed E-state index contributed by atoms with van der Waals surface area (Å²) in [7, 11) is 0. The Hall–Kier alpha value is -0.0400. The SMILES string of the molecule is CC(C)(C)C1CC[C@@H](N)C1. The minimum absolute atomic E-state index is 0.480. The number of hydrogen-bond donors (Lipinski definition) is 1. The molecular weight excluding hydrogens is 122 g/mol. The summed E-state index contributed by atoms with van der Waals surface area (Å²) in [5, 5.41) is 0. The molecule has 60 valence electrons. The van der Waals surface area contributed by atoms with E-state index in [1.807, 2.05) is 0 Å². The van der Waals surface area contributed by atoms with Crippen molar-refractivity contribution >= 4 is 0 Å². The van der Waals surface area contributed by atoms with Crippen LogP contribution in [-0.2, 0) is 0 Å². The van der Waals surface area contributed by atoms with Crippen LogP contribution < -0.4 is 5.73 Å². The van der Waals surface area contributed by atoms with E-state index < -0.39 is 0 Å². The van der Waals surface area contributed by atoms with E-state index in [1.165, 1.54) is 19.3 Å². The number of nitrogens with two attached hydrogens (primary N) is 1. The fourth-order valence-electron chi connectivity index (χ4n) is 1.80. The van der Waals surface area contributed by atoms with E-state index in [-0.39, 0.29) is 0 Å². The third-order valence-electron chi connectivity index (χ3n) is 2.70. The van der Waals surface area contributed by atoms with Gasteiger partial charge in [-0.3, -0.25) is 0 Å². The molecule has 0 saturated heterocycles. The van der Waals surface area contributed by atoms with E-state index in [1.54, 1.807) is 0 Å². The summed E-state index contributed by atoms with van der Waals surface area (Å²) in [4.78, 5) is 0. The fourth-order valence-corrected chi connectivity index (χ4v) is 1.80. The first-order valence-electron chi connectivity index (χ1n) is 4.26. The highest BCUT2D eigenvalue weighted by Crippen LogP contribution is 2.38. The van der Waals surface area contributed by atoms with Gasteiger partial charge >= 0.3 is 0 Å². The normalized spacial score (nSPS) is 34.8. The zero-order chi connectivity index (χ0) is 7.78. The van der Waals surface area contributed by atoms with Gasteiger partial charge in [0.05, 0.1) is 0 Å². The molecule has 1 rings (SSSR count). The maximum Gasteiger partial charge on any atom is 0.00417 e. The van der Waals surface area contributed by atoms with Crippen molar-refractivity contribution < 1.29 is 0 Å². The molecule has 0 aromatic heterocycles. The predicted molar refractivity (Wildman–Crippen MR) is 44.8 cm³/mol. The van der Waals surface area contributed by atoms with Gasteiger partial charge < -0.3 is 5.73 Å².